The molecular formula is C12H12FNO. The molecule has 2 aromatic rings. The minimum Gasteiger partial charge on any atom is -0.467 e. The standard InChI is InChI=1S/C12H12FNO/c1-9-7-10(13)4-5-12(9)14-8-11-3-2-6-15-11/h2-7,14H,8H2,1H3. The molecule has 0 radical (unpaired) electrons. The van der Waals surface area contributed by atoms with Crippen molar-refractivity contribution in [3.63, 3.8) is 0 Å². The summed E-state index contributed by atoms with van der Waals surface area (Å²) in [4.78, 5) is 0. The first-order valence-electron chi connectivity index (χ1n) is 4.78. The molecule has 0 aliphatic heterocycles. The van der Waals surface area contributed by atoms with Gasteiger partial charge >= 0.3 is 0 Å². The molecule has 0 bridgehead atoms. The highest BCUT2D eigenvalue weighted by Gasteiger charge is 2.00. The Morgan fingerprint density at radius 1 is 1.33 bits per heavy atom. The molecule has 2 rings (SSSR count). The van der Waals surface area contributed by atoms with E-state index >= 15 is 0 Å². The minimum atomic E-state index is -0.212. The smallest absolute Gasteiger partial charge is 0.123 e. The Kier molecular flexibility index (Phi) is 2.72. The Hall–Kier alpha value is -1.77. The zero-order chi connectivity index (χ0) is 10.7. The van der Waals surface area contributed by atoms with Crippen LogP contribution in [0.15, 0.2) is 41.0 Å². The molecule has 1 aromatic heterocycles. The Balaban J connectivity index is 2.05. The maximum absolute atomic E-state index is 12.8. The van der Waals surface area contributed by atoms with Gasteiger partial charge in [0.15, 0.2) is 0 Å². The molecule has 0 atom stereocenters. The van der Waals surface area contributed by atoms with Crippen LogP contribution < -0.4 is 5.32 Å². The predicted octanol–water partition coefficient (Wildman–Crippen LogP) is 3.34. The molecule has 0 saturated carbocycles. The van der Waals surface area contributed by atoms with E-state index in [1.807, 2.05) is 19.1 Å². The van der Waals surface area contributed by atoms with Gasteiger partial charge in [-0.2, -0.15) is 0 Å². The molecule has 0 saturated heterocycles. The number of furan rings is 1. The van der Waals surface area contributed by atoms with Crippen molar-refractivity contribution in [1.29, 1.82) is 0 Å². The highest BCUT2D eigenvalue weighted by molar-refractivity contribution is 5.50. The fraction of sp³-hybridized carbons (Fsp3) is 0.167. The second-order valence-corrected chi connectivity index (χ2v) is 3.39. The molecule has 0 amide bonds. The molecule has 78 valence electrons. The molecule has 0 unspecified atom stereocenters. The highest BCUT2D eigenvalue weighted by atomic mass is 19.1. The highest BCUT2D eigenvalue weighted by Crippen LogP contribution is 2.16. The summed E-state index contributed by atoms with van der Waals surface area (Å²) in [5.41, 5.74) is 1.81. The lowest BCUT2D eigenvalue weighted by Crippen LogP contribution is -2.00. The van der Waals surface area contributed by atoms with Crippen LogP contribution >= 0.6 is 0 Å². The minimum absolute atomic E-state index is 0.212. The van der Waals surface area contributed by atoms with Gasteiger partial charge in [0.05, 0.1) is 12.8 Å². The second-order valence-electron chi connectivity index (χ2n) is 3.39. The van der Waals surface area contributed by atoms with Gasteiger partial charge < -0.3 is 9.73 Å². The number of benzene rings is 1. The third-order valence-electron chi connectivity index (χ3n) is 2.22. The topological polar surface area (TPSA) is 25.2 Å². The Morgan fingerprint density at radius 2 is 2.20 bits per heavy atom. The summed E-state index contributed by atoms with van der Waals surface area (Å²) in [6.45, 7) is 2.48. The van der Waals surface area contributed by atoms with Crippen molar-refractivity contribution in [2.45, 2.75) is 13.5 Å². The third-order valence-corrected chi connectivity index (χ3v) is 2.22. The first-order chi connectivity index (χ1) is 7.25. The monoisotopic (exact) mass is 205 g/mol. The van der Waals surface area contributed by atoms with Crippen molar-refractivity contribution in [1.82, 2.24) is 0 Å². The first-order valence-corrected chi connectivity index (χ1v) is 4.78. The number of aryl methyl sites for hydroxylation is 1. The van der Waals surface area contributed by atoms with Gasteiger partial charge in [0.1, 0.15) is 11.6 Å². The van der Waals surface area contributed by atoms with E-state index in [2.05, 4.69) is 5.32 Å². The van der Waals surface area contributed by atoms with E-state index in [0.29, 0.717) is 6.54 Å². The third kappa shape index (κ3) is 2.37. The lowest BCUT2D eigenvalue weighted by atomic mass is 10.2. The molecule has 3 heteroatoms. The van der Waals surface area contributed by atoms with Gasteiger partial charge in [0.25, 0.3) is 0 Å². The van der Waals surface area contributed by atoms with Gasteiger partial charge in [0.2, 0.25) is 0 Å². The maximum Gasteiger partial charge on any atom is 0.123 e. The number of halogens is 1. The van der Waals surface area contributed by atoms with Gasteiger partial charge in [0, 0.05) is 5.69 Å². The van der Waals surface area contributed by atoms with Gasteiger partial charge in [-0.15, -0.1) is 0 Å². The van der Waals surface area contributed by atoms with Crippen molar-refractivity contribution < 1.29 is 8.81 Å². The summed E-state index contributed by atoms with van der Waals surface area (Å²) >= 11 is 0. The number of hydrogen-bond acceptors (Lipinski definition) is 2. The number of rotatable bonds is 3. The van der Waals surface area contributed by atoms with Crippen LogP contribution in [0.1, 0.15) is 11.3 Å². The lowest BCUT2D eigenvalue weighted by Gasteiger charge is -2.07. The van der Waals surface area contributed by atoms with Crippen LogP contribution in [0.25, 0.3) is 0 Å². The van der Waals surface area contributed by atoms with Gasteiger partial charge in [-0.25, -0.2) is 4.39 Å². The van der Waals surface area contributed by atoms with Gasteiger partial charge in [-0.05, 0) is 42.8 Å². The Morgan fingerprint density at radius 3 is 2.87 bits per heavy atom. The van der Waals surface area contributed by atoms with E-state index < -0.39 is 0 Å². The molecule has 0 fully saturated rings. The molecule has 0 aliphatic rings. The number of anilines is 1. The average Bonchev–Trinajstić information content (AvgIpc) is 2.69. The summed E-state index contributed by atoms with van der Waals surface area (Å²) in [5, 5.41) is 3.18. The predicted molar refractivity (Wildman–Crippen MR) is 57.2 cm³/mol. The Labute approximate surface area is 87.7 Å². The molecule has 2 nitrogen and oxygen atoms in total. The molecule has 0 aliphatic carbocycles. The molecule has 1 aromatic carbocycles. The Bertz CT molecular complexity index is 437. The van der Waals surface area contributed by atoms with Crippen LogP contribution in [0.4, 0.5) is 10.1 Å². The zero-order valence-corrected chi connectivity index (χ0v) is 8.46. The van der Waals surface area contributed by atoms with Gasteiger partial charge in [-0.1, -0.05) is 0 Å². The van der Waals surface area contributed by atoms with Crippen molar-refractivity contribution in [2.75, 3.05) is 5.32 Å². The summed E-state index contributed by atoms with van der Waals surface area (Å²) in [5.74, 6) is 0.648. The van der Waals surface area contributed by atoms with E-state index in [1.54, 1.807) is 12.3 Å². The fourth-order valence-electron chi connectivity index (χ4n) is 1.42. The quantitative estimate of drug-likeness (QED) is 0.831. The normalized spacial score (nSPS) is 10.3. The van der Waals surface area contributed by atoms with Crippen molar-refractivity contribution in [3.8, 4) is 0 Å². The molecule has 1 heterocycles. The van der Waals surface area contributed by atoms with E-state index in [1.165, 1.54) is 12.1 Å². The van der Waals surface area contributed by atoms with Crippen molar-refractivity contribution >= 4 is 5.69 Å². The van der Waals surface area contributed by atoms with Crippen LogP contribution in [0.5, 0.6) is 0 Å². The fourth-order valence-corrected chi connectivity index (χ4v) is 1.42. The van der Waals surface area contributed by atoms with E-state index in [9.17, 15) is 4.39 Å². The molecule has 15 heavy (non-hydrogen) atoms. The number of hydrogen-bond donors (Lipinski definition) is 1. The largest absolute Gasteiger partial charge is 0.467 e. The first kappa shape index (κ1) is 9.77. The van der Waals surface area contributed by atoms with Gasteiger partial charge in [-0.3, -0.25) is 0 Å². The van der Waals surface area contributed by atoms with Crippen LogP contribution in [-0.2, 0) is 6.54 Å². The van der Waals surface area contributed by atoms with Crippen molar-refractivity contribution in [3.05, 3.63) is 53.7 Å². The van der Waals surface area contributed by atoms with Crippen LogP contribution in [-0.4, -0.2) is 0 Å². The summed E-state index contributed by atoms with van der Waals surface area (Å²) in [6, 6.07) is 8.41. The summed E-state index contributed by atoms with van der Waals surface area (Å²) < 4.78 is 18.0. The SMILES string of the molecule is Cc1cc(F)ccc1NCc1ccco1. The van der Waals surface area contributed by atoms with E-state index in [0.717, 1.165) is 17.0 Å². The summed E-state index contributed by atoms with van der Waals surface area (Å²) in [7, 11) is 0. The van der Waals surface area contributed by atoms with Crippen LogP contribution in [0.3, 0.4) is 0 Å². The zero-order valence-electron chi connectivity index (χ0n) is 8.46. The van der Waals surface area contributed by atoms with Crippen molar-refractivity contribution in [2.24, 2.45) is 0 Å². The molecular weight excluding hydrogens is 193 g/mol. The molecule has 0 spiro atoms. The second kappa shape index (κ2) is 4.17. The number of nitrogens with one attached hydrogen (secondary N) is 1. The van der Waals surface area contributed by atoms with E-state index in [-0.39, 0.29) is 5.82 Å². The average molecular weight is 205 g/mol. The molecule has 1 N–H and O–H groups in total. The van der Waals surface area contributed by atoms with Crippen LogP contribution in [0.2, 0.25) is 0 Å². The van der Waals surface area contributed by atoms with E-state index in [4.69, 9.17) is 4.42 Å². The maximum atomic E-state index is 12.8. The van der Waals surface area contributed by atoms with Crippen LogP contribution in [0, 0.1) is 12.7 Å². The summed E-state index contributed by atoms with van der Waals surface area (Å²) in [6.07, 6.45) is 1.63. The lowest BCUT2D eigenvalue weighted by molar-refractivity contribution is 0.518.